The summed E-state index contributed by atoms with van der Waals surface area (Å²) in [6.45, 7) is 7.17. The minimum Gasteiger partial charge on any atom is -0.373 e. The summed E-state index contributed by atoms with van der Waals surface area (Å²) in [5.74, 6) is 0.721. The van der Waals surface area contributed by atoms with Gasteiger partial charge in [-0.15, -0.1) is 24.0 Å². The van der Waals surface area contributed by atoms with Crippen molar-refractivity contribution in [1.29, 1.82) is 0 Å². The Kier molecular flexibility index (Phi) is 10.6. The maximum absolute atomic E-state index is 11.5. The molecular weight excluding hydrogens is 431 g/mol. The van der Waals surface area contributed by atoms with Gasteiger partial charge >= 0.3 is 0 Å². The van der Waals surface area contributed by atoms with Crippen molar-refractivity contribution in [3.05, 3.63) is 0 Å². The summed E-state index contributed by atoms with van der Waals surface area (Å²) in [5.41, 5.74) is -0.118. The van der Waals surface area contributed by atoms with Gasteiger partial charge in [-0.25, -0.2) is 12.7 Å². The Bertz CT molecular complexity index is 465. The van der Waals surface area contributed by atoms with Crippen LogP contribution in [0, 0.1) is 0 Å². The molecule has 0 aliphatic carbocycles. The highest BCUT2D eigenvalue weighted by Gasteiger charge is 2.29. The molecule has 1 atom stereocenters. The lowest BCUT2D eigenvalue weighted by molar-refractivity contribution is 0.0243. The highest BCUT2D eigenvalue weighted by molar-refractivity contribution is 14.0. The van der Waals surface area contributed by atoms with Gasteiger partial charge in [0.25, 0.3) is 0 Å². The van der Waals surface area contributed by atoms with Crippen molar-refractivity contribution >= 4 is 40.0 Å². The van der Waals surface area contributed by atoms with E-state index in [-0.39, 0.29) is 29.6 Å². The van der Waals surface area contributed by atoms with Gasteiger partial charge in [-0.2, -0.15) is 0 Å². The van der Waals surface area contributed by atoms with Gasteiger partial charge in [-0.1, -0.05) is 6.92 Å². The second-order valence-electron chi connectivity index (χ2n) is 5.86. The van der Waals surface area contributed by atoms with Crippen LogP contribution in [0.3, 0.4) is 0 Å². The molecule has 1 fully saturated rings. The molecule has 1 aliphatic heterocycles. The predicted octanol–water partition coefficient (Wildman–Crippen LogP) is 1.01. The van der Waals surface area contributed by atoms with Gasteiger partial charge in [0.15, 0.2) is 5.96 Å². The monoisotopic (exact) mass is 462 g/mol. The predicted molar refractivity (Wildman–Crippen MR) is 105 cm³/mol. The highest BCUT2D eigenvalue weighted by Crippen LogP contribution is 2.23. The molecule has 1 rings (SSSR count). The second kappa shape index (κ2) is 10.7. The van der Waals surface area contributed by atoms with Crippen molar-refractivity contribution in [2.45, 2.75) is 38.7 Å². The molecule has 0 aromatic heterocycles. The number of halogens is 1. The third kappa shape index (κ3) is 8.50. The normalized spacial score (nSPS) is 22.0. The molecule has 23 heavy (non-hydrogen) atoms. The second-order valence-corrected chi connectivity index (χ2v) is 7.85. The molecule has 0 saturated carbocycles. The maximum atomic E-state index is 11.5. The van der Waals surface area contributed by atoms with Crippen LogP contribution in [0.5, 0.6) is 0 Å². The Labute approximate surface area is 157 Å². The average molecular weight is 462 g/mol. The molecule has 1 saturated heterocycles. The minimum absolute atomic E-state index is 0. The average Bonchev–Trinajstić information content (AvgIpc) is 2.88. The van der Waals surface area contributed by atoms with Crippen LogP contribution in [0.1, 0.15) is 33.1 Å². The molecule has 138 valence electrons. The zero-order chi connectivity index (χ0) is 16.6. The molecule has 9 heteroatoms. The number of aliphatic imine (C=N–C) groups is 1. The van der Waals surface area contributed by atoms with Crippen molar-refractivity contribution in [3.63, 3.8) is 0 Å². The van der Waals surface area contributed by atoms with Crippen LogP contribution in [0.25, 0.3) is 0 Å². The smallest absolute Gasteiger partial charge is 0.211 e. The topological polar surface area (TPSA) is 83.0 Å². The van der Waals surface area contributed by atoms with E-state index in [9.17, 15) is 8.42 Å². The van der Waals surface area contributed by atoms with Gasteiger partial charge in [0, 0.05) is 39.8 Å². The lowest BCUT2D eigenvalue weighted by atomic mass is 10.0. The van der Waals surface area contributed by atoms with Gasteiger partial charge in [0.05, 0.1) is 11.9 Å². The zero-order valence-corrected chi connectivity index (χ0v) is 17.7. The standard InChI is InChI=1S/C14H30N4O3S.HI/c1-5-18(22(4,19)20)10-7-9-16-13(15-3)17-12-14(2)8-6-11-21-14;/h5-12H2,1-4H3,(H2,15,16,17);1H. The zero-order valence-electron chi connectivity index (χ0n) is 14.6. The first-order valence-electron chi connectivity index (χ1n) is 7.84. The maximum Gasteiger partial charge on any atom is 0.211 e. The first-order chi connectivity index (χ1) is 10.3. The summed E-state index contributed by atoms with van der Waals surface area (Å²) < 4.78 is 30.2. The number of nitrogens with zero attached hydrogens (tertiary/aromatic N) is 2. The summed E-state index contributed by atoms with van der Waals surface area (Å²) in [6.07, 6.45) is 4.13. The van der Waals surface area contributed by atoms with E-state index in [1.807, 2.05) is 6.92 Å². The van der Waals surface area contributed by atoms with Gasteiger partial charge in [0.2, 0.25) is 10.0 Å². The largest absolute Gasteiger partial charge is 0.373 e. The molecule has 1 aliphatic rings. The van der Waals surface area contributed by atoms with Gasteiger partial charge < -0.3 is 15.4 Å². The van der Waals surface area contributed by atoms with Crippen LogP contribution in [0.4, 0.5) is 0 Å². The fourth-order valence-corrected chi connectivity index (χ4v) is 3.42. The third-order valence-electron chi connectivity index (χ3n) is 3.85. The molecule has 0 amide bonds. The molecule has 2 N–H and O–H groups in total. The van der Waals surface area contributed by atoms with Crippen LogP contribution in [0.15, 0.2) is 4.99 Å². The molecule has 0 radical (unpaired) electrons. The van der Waals surface area contributed by atoms with Crippen molar-refractivity contribution in [1.82, 2.24) is 14.9 Å². The number of guanidine groups is 1. The lowest BCUT2D eigenvalue weighted by Crippen LogP contribution is -2.46. The number of hydrogen-bond acceptors (Lipinski definition) is 4. The lowest BCUT2D eigenvalue weighted by Gasteiger charge is -2.25. The van der Waals surface area contributed by atoms with Crippen LogP contribution < -0.4 is 10.6 Å². The van der Waals surface area contributed by atoms with E-state index in [0.29, 0.717) is 19.6 Å². The van der Waals surface area contributed by atoms with Gasteiger partial charge in [-0.3, -0.25) is 4.99 Å². The van der Waals surface area contributed by atoms with Crippen LogP contribution in [-0.4, -0.2) is 70.4 Å². The number of ether oxygens (including phenoxy) is 1. The summed E-state index contributed by atoms with van der Waals surface area (Å²) in [6, 6.07) is 0. The SMILES string of the molecule is CCN(CCCNC(=NC)NCC1(C)CCCO1)S(C)(=O)=O.I. The van der Waals surface area contributed by atoms with E-state index in [1.54, 1.807) is 7.05 Å². The minimum atomic E-state index is -3.11. The Morgan fingerprint density at radius 3 is 2.57 bits per heavy atom. The molecule has 1 heterocycles. The first kappa shape index (κ1) is 22.9. The molecule has 0 aromatic rings. The van der Waals surface area contributed by atoms with Gasteiger partial charge in [0.1, 0.15) is 0 Å². The first-order valence-corrected chi connectivity index (χ1v) is 9.69. The number of sulfonamides is 1. The molecule has 0 bridgehead atoms. The van der Waals surface area contributed by atoms with E-state index >= 15 is 0 Å². The quantitative estimate of drug-likeness (QED) is 0.244. The fraction of sp³-hybridized carbons (Fsp3) is 0.929. The number of hydrogen-bond donors (Lipinski definition) is 2. The molecule has 1 unspecified atom stereocenters. The van der Waals surface area contributed by atoms with Crippen molar-refractivity contribution < 1.29 is 13.2 Å². The molecular formula is C14H31IN4O3S. The van der Waals surface area contributed by atoms with E-state index < -0.39 is 10.0 Å². The van der Waals surface area contributed by atoms with Gasteiger partial charge in [-0.05, 0) is 26.2 Å². The van der Waals surface area contributed by atoms with Crippen molar-refractivity contribution in [3.8, 4) is 0 Å². The fourth-order valence-electron chi connectivity index (χ4n) is 2.49. The Morgan fingerprint density at radius 1 is 1.39 bits per heavy atom. The van der Waals surface area contributed by atoms with E-state index in [4.69, 9.17) is 4.74 Å². The van der Waals surface area contributed by atoms with E-state index in [2.05, 4.69) is 22.5 Å². The van der Waals surface area contributed by atoms with Crippen LogP contribution in [0.2, 0.25) is 0 Å². The van der Waals surface area contributed by atoms with E-state index in [1.165, 1.54) is 10.6 Å². The third-order valence-corrected chi connectivity index (χ3v) is 5.23. The summed E-state index contributed by atoms with van der Waals surface area (Å²) in [5, 5.41) is 6.47. The highest BCUT2D eigenvalue weighted by atomic mass is 127. The Hall–Kier alpha value is -0.130. The summed E-state index contributed by atoms with van der Waals surface area (Å²) >= 11 is 0. The summed E-state index contributed by atoms with van der Waals surface area (Å²) in [7, 11) is -1.38. The summed E-state index contributed by atoms with van der Waals surface area (Å²) in [4.78, 5) is 4.17. The molecule has 0 aromatic carbocycles. The Balaban J connectivity index is 0.00000484. The van der Waals surface area contributed by atoms with Crippen LogP contribution >= 0.6 is 24.0 Å². The molecule has 0 spiro atoms. The Morgan fingerprint density at radius 2 is 2.09 bits per heavy atom. The number of rotatable bonds is 8. The van der Waals surface area contributed by atoms with Crippen molar-refractivity contribution in [2.24, 2.45) is 4.99 Å². The van der Waals surface area contributed by atoms with Crippen LogP contribution in [-0.2, 0) is 14.8 Å². The van der Waals surface area contributed by atoms with Crippen molar-refractivity contribution in [2.75, 3.05) is 46.1 Å². The molecule has 7 nitrogen and oxygen atoms in total. The van der Waals surface area contributed by atoms with E-state index in [0.717, 1.165) is 38.4 Å². The number of nitrogens with one attached hydrogen (secondary N) is 2.